The van der Waals surface area contributed by atoms with Crippen LogP contribution < -0.4 is 16.0 Å². The molecule has 0 saturated heterocycles. The number of sulfonamides is 1. The second-order valence-corrected chi connectivity index (χ2v) is 5.55. The molecule has 0 aliphatic heterocycles. The fourth-order valence-electron chi connectivity index (χ4n) is 1.30. The number of nitrogen functional groups attached to an aromatic ring is 1. The van der Waals surface area contributed by atoms with Gasteiger partial charge in [0.1, 0.15) is 5.82 Å². The molecule has 0 unspecified atom stereocenters. The first-order chi connectivity index (χ1) is 9.03. The Bertz CT molecular complexity index is 692. The number of nitrogens with one attached hydrogen (secondary N) is 2. The SMILES string of the molecule is NNc1cc(S(=O)(=O)Nc2ncccc2Cl)ccn1. The molecule has 100 valence electrons. The number of hydrogen-bond acceptors (Lipinski definition) is 6. The Kier molecular flexibility index (Phi) is 3.84. The molecule has 0 bridgehead atoms. The molecular weight excluding hydrogens is 290 g/mol. The van der Waals surface area contributed by atoms with Crippen LogP contribution in [0.1, 0.15) is 0 Å². The number of nitrogens with two attached hydrogens (primary N) is 1. The first kappa shape index (κ1) is 13.5. The maximum atomic E-state index is 12.1. The van der Waals surface area contributed by atoms with E-state index in [1.54, 1.807) is 6.07 Å². The van der Waals surface area contributed by atoms with Crippen molar-refractivity contribution in [3.63, 3.8) is 0 Å². The number of rotatable bonds is 4. The van der Waals surface area contributed by atoms with Crippen LogP contribution >= 0.6 is 11.6 Å². The zero-order valence-electron chi connectivity index (χ0n) is 9.54. The topological polar surface area (TPSA) is 110 Å². The van der Waals surface area contributed by atoms with E-state index in [4.69, 9.17) is 17.4 Å². The molecule has 7 nitrogen and oxygen atoms in total. The lowest BCUT2D eigenvalue weighted by atomic mass is 10.5. The number of hydrazine groups is 1. The van der Waals surface area contributed by atoms with Crippen molar-refractivity contribution < 1.29 is 8.42 Å². The summed E-state index contributed by atoms with van der Waals surface area (Å²) < 4.78 is 26.5. The number of hydrogen-bond donors (Lipinski definition) is 3. The summed E-state index contributed by atoms with van der Waals surface area (Å²) in [5.41, 5.74) is 2.27. The normalized spacial score (nSPS) is 11.1. The van der Waals surface area contributed by atoms with Crippen LogP contribution in [0.4, 0.5) is 11.6 Å². The summed E-state index contributed by atoms with van der Waals surface area (Å²) in [6, 6.07) is 5.76. The summed E-state index contributed by atoms with van der Waals surface area (Å²) in [5.74, 6) is 5.47. The van der Waals surface area contributed by atoms with Gasteiger partial charge in [-0.25, -0.2) is 24.2 Å². The Morgan fingerprint density at radius 1 is 1.21 bits per heavy atom. The lowest BCUT2D eigenvalue weighted by Gasteiger charge is -2.09. The predicted molar refractivity (Wildman–Crippen MR) is 72.1 cm³/mol. The van der Waals surface area contributed by atoms with Gasteiger partial charge in [-0.05, 0) is 18.2 Å². The largest absolute Gasteiger partial charge is 0.308 e. The number of pyridine rings is 2. The van der Waals surface area contributed by atoms with Gasteiger partial charge in [0, 0.05) is 18.5 Å². The highest BCUT2D eigenvalue weighted by Crippen LogP contribution is 2.21. The smallest absolute Gasteiger partial charge is 0.263 e. The average molecular weight is 300 g/mol. The Hall–Kier alpha value is -1.90. The third-order valence-corrected chi connectivity index (χ3v) is 3.82. The van der Waals surface area contributed by atoms with Crippen molar-refractivity contribution in [1.29, 1.82) is 0 Å². The molecule has 2 rings (SSSR count). The van der Waals surface area contributed by atoms with Crippen LogP contribution in [0.15, 0.2) is 41.6 Å². The van der Waals surface area contributed by atoms with Crippen molar-refractivity contribution in [1.82, 2.24) is 9.97 Å². The van der Waals surface area contributed by atoms with Gasteiger partial charge in [-0.3, -0.25) is 4.72 Å². The maximum Gasteiger partial charge on any atom is 0.263 e. The molecule has 0 saturated carbocycles. The first-order valence-electron chi connectivity index (χ1n) is 5.09. The van der Waals surface area contributed by atoms with E-state index < -0.39 is 10.0 Å². The molecule has 0 aromatic carbocycles. The minimum atomic E-state index is -3.80. The standard InChI is InChI=1S/C10H10ClN5O2S/c11-8-2-1-4-14-10(8)16-19(17,18)7-3-5-13-9(6-7)15-12/h1-6H,12H2,(H,13,15)(H,14,16). The summed E-state index contributed by atoms with van der Waals surface area (Å²) in [7, 11) is -3.80. The fraction of sp³-hybridized carbons (Fsp3) is 0. The van der Waals surface area contributed by atoms with E-state index in [-0.39, 0.29) is 21.6 Å². The molecule has 2 heterocycles. The average Bonchev–Trinajstić information content (AvgIpc) is 2.41. The van der Waals surface area contributed by atoms with E-state index in [0.29, 0.717) is 0 Å². The highest BCUT2D eigenvalue weighted by atomic mass is 35.5. The van der Waals surface area contributed by atoms with Crippen molar-refractivity contribution in [3.8, 4) is 0 Å². The van der Waals surface area contributed by atoms with Gasteiger partial charge in [0.2, 0.25) is 0 Å². The van der Waals surface area contributed by atoms with E-state index in [1.165, 1.54) is 30.6 Å². The lowest BCUT2D eigenvalue weighted by molar-refractivity contribution is 0.601. The molecule has 0 spiro atoms. The van der Waals surface area contributed by atoms with Crippen molar-refractivity contribution >= 4 is 33.3 Å². The molecule has 0 atom stereocenters. The van der Waals surface area contributed by atoms with Crippen LogP contribution in [-0.4, -0.2) is 18.4 Å². The quantitative estimate of drug-likeness (QED) is 0.578. The van der Waals surface area contributed by atoms with E-state index in [0.717, 1.165) is 0 Å². The minimum Gasteiger partial charge on any atom is -0.308 e. The molecule has 0 amide bonds. The molecule has 9 heteroatoms. The molecule has 0 radical (unpaired) electrons. The summed E-state index contributed by atoms with van der Waals surface area (Å²) in [5, 5.41) is 0.206. The van der Waals surface area contributed by atoms with Gasteiger partial charge >= 0.3 is 0 Å². The first-order valence-corrected chi connectivity index (χ1v) is 6.95. The van der Waals surface area contributed by atoms with Gasteiger partial charge < -0.3 is 5.43 Å². The second-order valence-electron chi connectivity index (χ2n) is 3.46. The summed E-state index contributed by atoms with van der Waals surface area (Å²) in [6.45, 7) is 0. The zero-order valence-corrected chi connectivity index (χ0v) is 11.1. The minimum absolute atomic E-state index is 0.00262. The van der Waals surface area contributed by atoms with Crippen LogP contribution in [0, 0.1) is 0 Å². The number of aromatic nitrogens is 2. The number of nitrogens with zero attached hydrogens (tertiary/aromatic N) is 2. The molecule has 0 fully saturated rings. The molecule has 19 heavy (non-hydrogen) atoms. The fourth-order valence-corrected chi connectivity index (χ4v) is 2.57. The van der Waals surface area contributed by atoms with Crippen LogP contribution in [-0.2, 0) is 10.0 Å². The van der Waals surface area contributed by atoms with Gasteiger partial charge in [-0.15, -0.1) is 0 Å². The second kappa shape index (κ2) is 5.39. The Balaban J connectivity index is 2.35. The van der Waals surface area contributed by atoms with Crippen molar-refractivity contribution in [2.75, 3.05) is 10.1 Å². The van der Waals surface area contributed by atoms with Gasteiger partial charge in [-0.1, -0.05) is 11.6 Å². The molecule has 0 aliphatic carbocycles. The number of anilines is 2. The van der Waals surface area contributed by atoms with Gasteiger partial charge in [0.15, 0.2) is 5.82 Å². The Labute approximate surface area is 114 Å². The van der Waals surface area contributed by atoms with E-state index in [1.807, 2.05) is 0 Å². The lowest BCUT2D eigenvalue weighted by Crippen LogP contribution is -2.15. The third kappa shape index (κ3) is 3.11. The summed E-state index contributed by atoms with van der Waals surface area (Å²) in [4.78, 5) is 7.68. The summed E-state index contributed by atoms with van der Waals surface area (Å²) >= 11 is 5.84. The maximum absolute atomic E-state index is 12.1. The van der Waals surface area contributed by atoms with Crippen molar-refractivity contribution in [2.45, 2.75) is 4.90 Å². The predicted octanol–water partition coefficient (Wildman–Crippen LogP) is 1.22. The number of halogens is 1. The molecular formula is C10H10ClN5O2S. The highest BCUT2D eigenvalue weighted by Gasteiger charge is 2.17. The summed E-state index contributed by atoms with van der Waals surface area (Å²) in [6.07, 6.45) is 2.76. The monoisotopic (exact) mass is 299 g/mol. The van der Waals surface area contributed by atoms with Crippen molar-refractivity contribution in [3.05, 3.63) is 41.7 Å². The van der Waals surface area contributed by atoms with Crippen molar-refractivity contribution in [2.24, 2.45) is 5.84 Å². The van der Waals surface area contributed by atoms with Crippen LogP contribution in [0.5, 0.6) is 0 Å². The Morgan fingerprint density at radius 2 is 2.00 bits per heavy atom. The third-order valence-electron chi connectivity index (χ3n) is 2.18. The van der Waals surface area contributed by atoms with Gasteiger partial charge in [-0.2, -0.15) is 0 Å². The highest BCUT2D eigenvalue weighted by molar-refractivity contribution is 7.92. The van der Waals surface area contributed by atoms with E-state index in [2.05, 4.69) is 20.1 Å². The van der Waals surface area contributed by atoms with Gasteiger partial charge in [0.05, 0.1) is 9.92 Å². The van der Waals surface area contributed by atoms with E-state index >= 15 is 0 Å². The van der Waals surface area contributed by atoms with Crippen LogP contribution in [0.2, 0.25) is 5.02 Å². The zero-order chi connectivity index (χ0) is 13.9. The molecule has 2 aromatic rings. The Morgan fingerprint density at radius 3 is 2.68 bits per heavy atom. The molecule has 4 N–H and O–H groups in total. The molecule has 0 aliphatic rings. The van der Waals surface area contributed by atoms with Crippen LogP contribution in [0.25, 0.3) is 0 Å². The van der Waals surface area contributed by atoms with Gasteiger partial charge in [0.25, 0.3) is 10.0 Å². The van der Waals surface area contributed by atoms with E-state index in [9.17, 15) is 8.42 Å². The van der Waals surface area contributed by atoms with Crippen LogP contribution in [0.3, 0.4) is 0 Å². The molecule has 2 aromatic heterocycles.